The van der Waals surface area contributed by atoms with Crippen LogP contribution in [0.5, 0.6) is 0 Å². The van der Waals surface area contributed by atoms with Crippen molar-refractivity contribution in [3.63, 3.8) is 0 Å². The number of hydrogen-bond acceptors (Lipinski definition) is 3. The zero-order chi connectivity index (χ0) is 12.8. The van der Waals surface area contributed by atoms with E-state index in [9.17, 15) is 5.26 Å². The lowest BCUT2D eigenvalue weighted by atomic mass is 9.94. The fourth-order valence-corrected chi connectivity index (χ4v) is 2.59. The number of nitrogens with zero attached hydrogens (tertiary/aromatic N) is 3. The second kappa shape index (κ2) is 6.55. The number of nitriles is 1. The van der Waals surface area contributed by atoms with E-state index in [1.807, 2.05) is 17.1 Å². The summed E-state index contributed by atoms with van der Waals surface area (Å²) in [6, 6.07) is 2.65. The van der Waals surface area contributed by atoms with E-state index in [1.165, 1.54) is 32.1 Å². The molecule has 98 valence electrons. The van der Waals surface area contributed by atoms with Crippen molar-refractivity contribution in [2.24, 2.45) is 0 Å². The lowest BCUT2D eigenvalue weighted by Gasteiger charge is -2.24. The minimum absolute atomic E-state index is 0.210. The molecule has 0 bridgehead atoms. The highest BCUT2D eigenvalue weighted by Gasteiger charge is 2.19. The maximum Gasteiger partial charge on any atom is 0.124 e. The summed E-state index contributed by atoms with van der Waals surface area (Å²) in [6.07, 6.45) is 11.2. The molecule has 1 fully saturated rings. The quantitative estimate of drug-likeness (QED) is 0.869. The van der Waals surface area contributed by atoms with Gasteiger partial charge in [0.1, 0.15) is 6.04 Å². The van der Waals surface area contributed by atoms with Gasteiger partial charge in [0.2, 0.25) is 0 Å². The molecule has 1 aromatic rings. The molecule has 2 rings (SSSR count). The number of hydrogen-bond donors (Lipinski definition) is 1. The first-order valence-corrected chi connectivity index (χ1v) is 7.01. The molecular weight excluding hydrogens is 224 g/mol. The summed E-state index contributed by atoms with van der Waals surface area (Å²) in [5, 5.41) is 17.1. The van der Waals surface area contributed by atoms with Crippen molar-refractivity contribution < 1.29 is 0 Å². The molecule has 1 atom stereocenters. The van der Waals surface area contributed by atoms with Gasteiger partial charge in [-0.3, -0.25) is 10.00 Å². The van der Waals surface area contributed by atoms with Crippen LogP contribution in [0.4, 0.5) is 0 Å². The van der Waals surface area contributed by atoms with E-state index in [-0.39, 0.29) is 6.04 Å². The first kappa shape index (κ1) is 13.1. The Hall–Kier alpha value is -1.34. The van der Waals surface area contributed by atoms with Crippen molar-refractivity contribution in [2.45, 2.75) is 64.1 Å². The third-order valence-electron chi connectivity index (χ3n) is 3.58. The normalized spacial score (nSPS) is 18.4. The van der Waals surface area contributed by atoms with E-state index < -0.39 is 0 Å². The summed E-state index contributed by atoms with van der Waals surface area (Å²) < 4.78 is 1.92. The smallest absolute Gasteiger partial charge is 0.124 e. The molecule has 1 aliphatic rings. The van der Waals surface area contributed by atoms with E-state index in [1.54, 1.807) is 0 Å². The van der Waals surface area contributed by atoms with Crippen LogP contribution < -0.4 is 5.32 Å². The van der Waals surface area contributed by atoms with Gasteiger partial charge >= 0.3 is 0 Å². The van der Waals surface area contributed by atoms with Gasteiger partial charge < -0.3 is 0 Å². The van der Waals surface area contributed by atoms with Gasteiger partial charge in [-0.15, -0.1) is 0 Å². The van der Waals surface area contributed by atoms with Gasteiger partial charge in [-0.1, -0.05) is 26.2 Å². The summed E-state index contributed by atoms with van der Waals surface area (Å²) >= 11 is 0. The molecule has 1 N–H and O–H groups in total. The molecule has 4 heteroatoms. The van der Waals surface area contributed by atoms with Crippen LogP contribution in [0, 0.1) is 11.3 Å². The molecule has 0 spiro atoms. The Morgan fingerprint density at radius 3 is 2.94 bits per heavy atom. The number of rotatable bonds is 5. The maximum absolute atomic E-state index is 9.30. The Balaban J connectivity index is 1.96. The lowest BCUT2D eigenvalue weighted by Crippen LogP contribution is -2.33. The maximum atomic E-state index is 9.30. The number of aromatic nitrogens is 2. The van der Waals surface area contributed by atoms with Gasteiger partial charge in [0.15, 0.2) is 0 Å². The van der Waals surface area contributed by atoms with E-state index in [2.05, 4.69) is 23.4 Å². The van der Waals surface area contributed by atoms with Crippen LogP contribution in [0.3, 0.4) is 0 Å². The predicted octanol–water partition coefficient (Wildman–Crippen LogP) is 2.78. The van der Waals surface area contributed by atoms with Crippen LogP contribution in [0.1, 0.15) is 57.1 Å². The van der Waals surface area contributed by atoms with Crippen molar-refractivity contribution in [2.75, 3.05) is 0 Å². The highest BCUT2D eigenvalue weighted by Crippen LogP contribution is 2.21. The van der Waals surface area contributed by atoms with E-state index in [4.69, 9.17) is 0 Å². The van der Waals surface area contributed by atoms with Gasteiger partial charge in [-0.25, -0.2) is 0 Å². The third kappa shape index (κ3) is 3.33. The zero-order valence-electron chi connectivity index (χ0n) is 11.1. The van der Waals surface area contributed by atoms with Gasteiger partial charge in [-0.05, 0) is 19.3 Å². The van der Waals surface area contributed by atoms with E-state index in [0.717, 1.165) is 18.5 Å². The van der Waals surface area contributed by atoms with Crippen molar-refractivity contribution >= 4 is 0 Å². The summed E-state index contributed by atoms with van der Waals surface area (Å²) in [6.45, 7) is 3.05. The van der Waals surface area contributed by atoms with Gasteiger partial charge in [0, 0.05) is 24.3 Å². The summed E-state index contributed by atoms with van der Waals surface area (Å²) in [5.41, 5.74) is 0.997. The Morgan fingerprint density at radius 1 is 1.50 bits per heavy atom. The minimum Gasteiger partial charge on any atom is -0.295 e. The molecule has 0 saturated heterocycles. The molecule has 0 radical (unpaired) electrons. The highest BCUT2D eigenvalue weighted by atomic mass is 15.3. The summed E-state index contributed by atoms with van der Waals surface area (Å²) in [4.78, 5) is 0. The molecule has 1 aliphatic carbocycles. The summed E-state index contributed by atoms with van der Waals surface area (Å²) in [5.74, 6) is 0. The Morgan fingerprint density at radius 2 is 2.28 bits per heavy atom. The fraction of sp³-hybridized carbons (Fsp3) is 0.714. The Labute approximate surface area is 109 Å². The molecule has 1 unspecified atom stereocenters. The standard InChI is InChI=1S/C14H22N4/c1-2-8-18-11-12(10-16-18)14(9-15)17-13-6-4-3-5-7-13/h10-11,13-14,17H,2-8H2,1H3. The van der Waals surface area contributed by atoms with Crippen LogP contribution in [0.25, 0.3) is 0 Å². The SMILES string of the molecule is CCCn1cc(C(C#N)NC2CCCCC2)cn1. The molecule has 4 nitrogen and oxygen atoms in total. The molecule has 0 amide bonds. The number of aryl methyl sites for hydroxylation is 1. The Bertz CT molecular complexity index is 398. The topological polar surface area (TPSA) is 53.6 Å². The predicted molar refractivity (Wildman–Crippen MR) is 70.9 cm³/mol. The fourth-order valence-electron chi connectivity index (χ4n) is 2.59. The average molecular weight is 246 g/mol. The molecule has 1 saturated carbocycles. The molecule has 0 aliphatic heterocycles. The first-order chi connectivity index (χ1) is 8.83. The van der Waals surface area contributed by atoms with Crippen molar-refractivity contribution in [1.29, 1.82) is 5.26 Å². The van der Waals surface area contributed by atoms with Crippen LogP contribution in [0.15, 0.2) is 12.4 Å². The molecular formula is C14H22N4. The molecule has 1 heterocycles. The van der Waals surface area contributed by atoms with Gasteiger partial charge in [0.25, 0.3) is 0 Å². The first-order valence-electron chi connectivity index (χ1n) is 7.01. The van der Waals surface area contributed by atoms with E-state index in [0.29, 0.717) is 6.04 Å². The Kier molecular flexibility index (Phi) is 4.77. The van der Waals surface area contributed by atoms with Crippen molar-refractivity contribution in [3.05, 3.63) is 18.0 Å². The zero-order valence-corrected chi connectivity index (χ0v) is 11.1. The minimum atomic E-state index is -0.210. The number of nitrogens with one attached hydrogen (secondary N) is 1. The molecule has 18 heavy (non-hydrogen) atoms. The van der Waals surface area contributed by atoms with Crippen LogP contribution in [0.2, 0.25) is 0 Å². The highest BCUT2D eigenvalue weighted by molar-refractivity contribution is 5.18. The third-order valence-corrected chi connectivity index (χ3v) is 3.58. The summed E-state index contributed by atoms with van der Waals surface area (Å²) in [7, 11) is 0. The van der Waals surface area contributed by atoms with Crippen molar-refractivity contribution in [1.82, 2.24) is 15.1 Å². The second-order valence-electron chi connectivity index (χ2n) is 5.10. The average Bonchev–Trinajstić information content (AvgIpc) is 2.86. The largest absolute Gasteiger partial charge is 0.295 e. The second-order valence-corrected chi connectivity index (χ2v) is 5.10. The van der Waals surface area contributed by atoms with E-state index >= 15 is 0 Å². The van der Waals surface area contributed by atoms with Gasteiger partial charge in [0.05, 0.1) is 12.3 Å². The monoisotopic (exact) mass is 246 g/mol. The lowest BCUT2D eigenvalue weighted by molar-refractivity contribution is 0.359. The van der Waals surface area contributed by atoms with Crippen LogP contribution in [-0.4, -0.2) is 15.8 Å². The van der Waals surface area contributed by atoms with Crippen LogP contribution >= 0.6 is 0 Å². The van der Waals surface area contributed by atoms with Crippen LogP contribution in [-0.2, 0) is 6.54 Å². The molecule has 0 aromatic carbocycles. The van der Waals surface area contributed by atoms with Crippen molar-refractivity contribution in [3.8, 4) is 6.07 Å². The van der Waals surface area contributed by atoms with Gasteiger partial charge in [-0.2, -0.15) is 10.4 Å². The molecule has 1 aromatic heterocycles.